The SMILES string of the molecule is COc1cccc(-c2csc(Nc3cccc4ccccc34)n2)c1. The summed E-state index contributed by atoms with van der Waals surface area (Å²) >= 11 is 1.60. The number of hydrogen-bond donors (Lipinski definition) is 1. The lowest BCUT2D eigenvalue weighted by atomic mass is 10.1. The average molecular weight is 332 g/mol. The maximum absolute atomic E-state index is 5.29. The molecule has 4 rings (SSSR count). The highest BCUT2D eigenvalue weighted by Crippen LogP contribution is 2.31. The number of methoxy groups -OCH3 is 1. The molecular formula is C20H16N2OS. The van der Waals surface area contributed by atoms with Gasteiger partial charge in [0, 0.05) is 22.0 Å². The molecule has 1 N–H and O–H groups in total. The summed E-state index contributed by atoms with van der Waals surface area (Å²) in [6, 6.07) is 22.5. The van der Waals surface area contributed by atoms with E-state index in [1.165, 1.54) is 10.8 Å². The fraction of sp³-hybridized carbons (Fsp3) is 0.0500. The molecule has 0 saturated heterocycles. The highest BCUT2D eigenvalue weighted by Gasteiger charge is 2.07. The van der Waals surface area contributed by atoms with Crippen molar-refractivity contribution in [2.45, 2.75) is 0 Å². The van der Waals surface area contributed by atoms with E-state index >= 15 is 0 Å². The van der Waals surface area contributed by atoms with Crippen LogP contribution in [-0.2, 0) is 0 Å². The molecule has 4 heteroatoms. The quantitative estimate of drug-likeness (QED) is 0.519. The predicted octanol–water partition coefficient (Wildman–Crippen LogP) is 5.72. The molecule has 3 aromatic carbocycles. The van der Waals surface area contributed by atoms with Crippen LogP contribution in [-0.4, -0.2) is 12.1 Å². The van der Waals surface area contributed by atoms with Gasteiger partial charge < -0.3 is 10.1 Å². The van der Waals surface area contributed by atoms with Crippen LogP contribution >= 0.6 is 11.3 Å². The second-order valence-corrected chi connectivity index (χ2v) is 6.28. The molecule has 0 aliphatic heterocycles. The van der Waals surface area contributed by atoms with E-state index < -0.39 is 0 Å². The van der Waals surface area contributed by atoms with Gasteiger partial charge in [-0.1, -0.05) is 48.5 Å². The molecule has 0 aliphatic carbocycles. The lowest BCUT2D eigenvalue weighted by Gasteiger charge is -2.07. The highest BCUT2D eigenvalue weighted by molar-refractivity contribution is 7.14. The molecular weight excluding hydrogens is 316 g/mol. The fourth-order valence-electron chi connectivity index (χ4n) is 2.70. The first kappa shape index (κ1) is 14.7. The maximum Gasteiger partial charge on any atom is 0.187 e. The van der Waals surface area contributed by atoms with Gasteiger partial charge in [0.1, 0.15) is 5.75 Å². The summed E-state index contributed by atoms with van der Waals surface area (Å²) in [5.74, 6) is 0.837. The number of aromatic nitrogens is 1. The Hall–Kier alpha value is -2.85. The molecule has 0 amide bonds. The van der Waals surface area contributed by atoms with E-state index in [2.05, 4.69) is 53.2 Å². The van der Waals surface area contributed by atoms with Gasteiger partial charge in [0.15, 0.2) is 5.13 Å². The number of nitrogens with one attached hydrogen (secondary N) is 1. The van der Waals surface area contributed by atoms with Crippen molar-refractivity contribution in [2.24, 2.45) is 0 Å². The third kappa shape index (κ3) is 2.84. The van der Waals surface area contributed by atoms with Crippen LogP contribution < -0.4 is 10.1 Å². The second-order valence-electron chi connectivity index (χ2n) is 5.42. The van der Waals surface area contributed by atoms with Gasteiger partial charge in [-0.25, -0.2) is 4.98 Å². The Bertz CT molecular complexity index is 988. The topological polar surface area (TPSA) is 34.1 Å². The zero-order valence-corrected chi connectivity index (χ0v) is 14.0. The average Bonchev–Trinajstić information content (AvgIpc) is 3.11. The van der Waals surface area contributed by atoms with Crippen molar-refractivity contribution in [3.05, 3.63) is 72.1 Å². The number of benzene rings is 3. The van der Waals surface area contributed by atoms with E-state index in [0.29, 0.717) is 0 Å². The van der Waals surface area contributed by atoms with E-state index in [9.17, 15) is 0 Å². The van der Waals surface area contributed by atoms with E-state index in [1.807, 2.05) is 24.3 Å². The molecule has 0 saturated carbocycles. The van der Waals surface area contributed by atoms with Crippen molar-refractivity contribution < 1.29 is 4.74 Å². The number of anilines is 2. The molecule has 118 valence electrons. The van der Waals surface area contributed by atoms with Crippen molar-refractivity contribution in [3.8, 4) is 17.0 Å². The second kappa shape index (κ2) is 6.34. The largest absolute Gasteiger partial charge is 0.497 e. The lowest BCUT2D eigenvalue weighted by Crippen LogP contribution is -1.91. The summed E-state index contributed by atoms with van der Waals surface area (Å²) < 4.78 is 5.29. The third-order valence-corrected chi connectivity index (χ3v) is 4.66. The molecule has 24 heavy (non-hydrogen) atoms. The van der Waals surface area contributed by atoms with Crippen molar-refractivity contribution in [2.75, 3.05) is 12.4 Å². The van der Waals surface area contributed by atoms with Crippen LogP contribution in [0.15, 0.2) is 72.1 Å². The molecule has 0 radical (unpaired) electrons. The Morgan fingerprint density at radius 1 is 0.958 bits per heavy atom. The van der Waals surface area contributed by atoms with Crippen molar-refractivity contribution in [3.63, 3.8) is 0 Å². The number of thiazole rings is 1. The molecule has 0 fully saturated rings. The van der Waals surface area contributed by atoms with Gasteiger partial charge in [-0.2, -0.15) is 0 Å². The van der Waals surface area contributed by atoms with Crippen LogP contribution in [0, 0.1) is 0 Å². The molecule has 0 atom stereocenters. The van der Waals surface area contributed by atoms with Gasteiger partial charge in [-0.05, 0) is 23.6 Å². The Labute approximate surface area is 144 Å². The molecule has 0 spiro atoms. The van der Waals surface area contributed by atoms with Gasteiger partial charge in [0.05, 0.1) is 12.8 Å². The van der Waals surface area contributed by atoms with Crippen LogP contribution in [0.25, 0.3) is 22.0 Å². The molecule has 1 aromatic heterocycles. The highest BCUT2D eigenvalue weighted by atomic mass is 32.1. The first-order valence-electron chi connectivity index (χ1n) is 7.68. The summed E-state index contributed by atoms with van der Waals surface area (Å²) in [6.07, 6.45) is 0. The molecule has 0 bridgehead atoms. The minimum atomic E-state index is 0.837. The van der Waals surface area contributed by atoms with Crippen LogP contribution in [0.5, 0.6) is 5.75 Å². The van der Waals surface area contributed by atoms with Crippen molar-refractivity contribution >= 4 is 32.9 Å². The Morgan fingerprint density at radius 2 is 1.79 bits per heavy atom. The van der Waals surface area contributed by atoms with Gasteiger partial charge in [0.25, 0.3) is 0 Å². The van der Waals surface area contributed by atoms with Crippen LogP contribution in [0.2, 0.25) is 0 Å². The van der Waals surface area contributed by atoms with E-state index in [0.717, 1.165) is 27.8 Å². The summed E-state index contributed by atoms with van der Waals surface area (Å²) in [6.45, 7) is 0. The predicted molar refractivity (Wildman–Crippen MR) is 101 cm³/mol. The monoisotopic (exact) mass is 332 g/mol. The number of rotatable bonds is 4. The van der Waals surface area contributed by atoms with Gasteiger partial charge in [0.2, 0.25) is 0 Å². The van der Waals surface area contributed by atoms with E-state index in [-0.39, 0.29) is 0 Å². The zero-order valence-electron chi connectivity index (χ0n) is 13.2. The smallest absolute Gasteiger partial charge is 0.187 e. The lowest BCUT2D eigenvalue weighted by molar-refractivity contribution is 0.415. The maximum atomic E-state index is 5.29. The Morgan fingerprint density at radius 3 is 2.71 bits per heavy atom. The normalized spacial score (nSPS) is 10.7. The Balaban J connectivity index is 1.65. The van der Waals surface area contributed by atoms with Crippen LogP contribution in [0.3, 0.4) is 0 Å². The van der Waals surface area contributed by atoms with Crippen molar-refractivity contribution in [1.29, 1.82) is 0 Å². The van der Waals surface area contributed by atoms with E-state index in [4.69, 9.17) is 9.72 Å². The number of fused-ring (bicyclic) bond motifs is 1. The first-order valence-corrected chi connectivity index (χ1v) is 8.56. The van der Waals surface area contributed by atoms with Gasteiger partial charge in [-0.15, -0.1) is 11.3 Å². The summed E-state index contributed by atoms with van der Waals surface area (Å²) in [5.41, 5.74) is 3.07. The van der Waals surface area contributed by atoms with Crippen molar-refractivity contribution in [1.82, 2.24) is 4.98 Å². The van der Waals surface area contributed by atoms with Crippen LogP contribution in [0.4, 0.5) is 10.8 Å². The van der Waals surface area contributed by atoms with E-state index in [1.54, 1.807) is 18.4 Å². The number of nitrogens with zero attached hydrogens (tertiary/aromatic N) is 1. The molecule has 0 aliphatic rings. The summed E-state index contributed by atoms with van der Waals surface area (Å²) in [7, 11) is 1.67. The zero-order chi connectivity index (χ0) is 16.4. The van der Waals surface area contributed by atoms with Gasteiger partial charge >= 0.3 is 0 Å². The fourth-order valence-corrected chi connectivity index (χ4v) is 3.43. The minimum Gasteiger partial charge on any atom is -0.497 e. The van der Waals surface area contributed by atoms with Gasteiger partial charge in [-0.3, -0.25) is 0 Å². The summed E-state index contributed by atoms with van der Waals surface area (Å²) in [5, 5.41) is 8.79. The first-order chi connectivity index (χ1) is 11.8. The molecule has 4 aromatic rings. The standard InChI is InChI=1S/C20H16N2OS/c1-23-16-9-4-8-15(12-16)19-13-24-20(22-19)21-18-11-5-7-14-6-2-3-10-17(14)18/h2-13H,1H3,(H,21,22). The summed E-state index contributed by atoms with van der Waals surface area (Å²) in [4.78, 5) is 4.71. The third-order valence-electron chi connectivity index (χ3n) is 3.90. The Kier molecular flexibility index (Phi) is 3.89. The number of hydrogen-bond acceptors (Lipinski definition) is 4. The van der Waals surface area contributed by atoms with Crippen LogP contribution in [0.1, 0.15) is 0 Å². The number of ether oxygens (including phenoxy) is 1. The molecule has 0 unspecified atom stereocenters. The molecule has 3 nitrogen and oxygen atoms in total. The molecule has 1 heterocycles. The minimum absolute atomic E-state index is 0.837.